The molecule has 0 aliphatic carbocycles. The molecule has 210 valence electrons. The summed E-state index contributed by atoms with van der Waals surface area (Å²) in [6.45, 7) is 3.20. The Morgan fingerprint density at radius 3 is 2.56 bits per heavy atom. The number of benzene rings is 1. The molecule has 0 atom stereocenters. The van der Waals surface area contributed by atoms with Crippen LogP contribution in [-0.4, -0.2) is 55.2 Å². The molecule has 6 rings (SSSR count). The van der Waals surface area contributed by atoms with Crippen LogP contribution in [0.2, 0.25) is 0 Å². The molecule has 0 saturated carbocycles. The predicted octanol–water partition coefficient (Wildman–Crippen LogP) is 4.13. The van der Waals surface area contributed by atoms with Crippen LogP contribution in [0.1, 0.15) is 34.0 Å². The Morgan fingerprint density at radius 2 is 1.76 bits per heavy atom. The van der Waals surface area contributed by atoms with Gasteiger partial charge in [0.05, 0.1) is 35.8 Å². The number of aromatic nitrogens is 3. The van der Waals surface area contributed by atoms with Crippen LogP contribution in [0.25, 0.3) is 0 Å². The van der Waals surface area contributed by atoms with E-state index in [4.69, 9.17) is 4.74 Å². The smallest absolute Gasteiger partial charge is 0.261 e. The number of amides is 1. The molecule has 4 aromatic rings. The van der Waals surface area contributed by atoms with E-state index in [0.717, 1.165) is 22.4 Å². The molecule has 0 bridgehead atoms. The van der Waals surface area contributed by atoms with E-state index in [9.17, 15) is 13.2 Å². The summed E-state index contributed by atoms with van der Waals surface area (Å²) in [6, 6.07) is 14.7. The summed E-state index contributed by atoms with van der Waals surface area (Å²) in [6.07, 6.45) is 7.71. The lowest BCUT2D eigenvalue weighted by atomic mass is 10.1. The van der Waals surface area contributed by atoms with E-state index >= 15 is 0 Å². The predicted molar refractivity (Wildman–Crippen MR) is 157 cm³/mol. The number of carbonyl (C=O) groups is 1. The second-order valence-corrected chi connectivity index (χ2v) is 12.0. The van der Waals surface area contributed by atoms with Crippen molar-refractivity contribution in [1.29, 1.82) is 0 Å². The molecule has 11 heteroatoms. The molecule has 10 nitrogen and oxygen atoms in total. The Hall–Kier alpha value is -4.51. The van der Waals surface area contributed by atoms with Crippen LogP contribution in [0, 0.1) is 0 Å². The molecule has 2 aliphatic rings. The summed E-state index contributed by atoms with van der Waals surface area (Å²) >= 11 is 0. The van der Waals surface area contributed by atoms with Gasteiger partial charge in [-0.15, -0.1) is 0 Å². The first-order valence-electron chi connectivity index (χ1n) is 13.5. The fraction of sp³-hybridized carbons (Fsp3) is 0.267. The van der Waals surface area contributed by atoms with Crippen LogP contribution in [0.15, 0.2) is 73.3 Å². The number of carbonyl (C=O) groups excluding carboxylic acids is 1. The minimum absolute atomic E-state index is 0.0149. The zero-order chi connectivity index (χ0) is 28.6. The van der Waals surface area contributed by atoms with Crippen molar-refractivity contribution in [2.24, 2.45) is 0 Å². The molecule has 41 heavy (non-hydrogen) atoms. The third-order valence-electron chi connectivity index (χ3n) is 7.46. The Balaban J connectivity index is 1.22. The number of ether oxygens (including phenoxy) is 1. The number of sulfonamides is 1. The van der Waals surface area contributed by atoms with E-state index in [1.165, 1.54) is 4.31 Å². The number of anilines is 4. The summed E-state index contributed by atoms with van der Waals surface area (Å²) in [5, 5.41) is 0. The van der Waals surface area contributed by atoms with Gasteiger partial charge in [0.25, 0.3) is 5.91 Å². The van der Waals surface area contributed by atoms with Gasteiger partial charge in [-0.05, 0) is 66.9 Å². The van der Waals surface area contributed by atoms with E-state index in [-0.39, 0.29) is 18.2 Å². The van der Waals surface area contributed by atoms with Crippen molar-refractivity contribution >= 4 is 38.9 Å². The first-order chi connectivity index (χ1) is 19.9. The quantitative estimate of drug-likeness (QED) is 0.326. The van der Waals surface area contributed by atoms with Crippen molar-refractivity contribution in [1.82, 2.24) is 15.0 Å². The largest absolute Gasteiger partial charge is 0.493 e. The standard InChI is InChI=1S/C30H30N6O4S/c1-3-35-28-24(30(37)34(2)26-7-5-13-32-29(26)35)18-22(19-33-28)11-16-40-27-8-4-6-25-23(27)12-17-41(38,39)36(25)20-21-9-14-31-15-10-21/h4-10,13-15,18-19H,3,11-12,16-17,20H2,1-2H3. The maximum Gasteiger partial charge on any atom is 0.261 e. The average molecular weight is 571 g/mol. The molecule has 0 unspecified atom stereocenters. The van der Waals surface area contributed by atoms with Gasteiger partial charge in [0.2, 0.25) is 10.0 Å². The Bertz CT molecular complexity index is 1710. The SMILES string of the molecule is CCN1c2ncc(CCOc3cccc4c3CCS(=O)(=O)N4Cc3ccncc3)cc2C(=O)N(C)c2cccnc21. The van der Waals surface area contributed by atoms with Crippen LogP contribution in [0.3, 0.4) is 0 Å². The van der Waals surface area contributed by atoms with Crippen molar-refractivity contribution < 1.29 is 17.9 Å². The highest BCUT2D eigenvalue weighted by Crippen LogP contribution is 2.38. The molecular formula is C30H30N6O4S. The summed E-state index contributed by atoms with van der Waals surface area (Å²) in [5.41, 5.74) is 4.48. The van der Waals surface area contributed by atoms with Crippen molar-refractivity contribution in [3.63, 3.8) is 0 Å². The minimum Gasteiger partial charge on any atom is -0.493 e. The summed E-state index contributed by atoms with van der Waals surface area (Å²) in [4.78, 5) is 30.2. The molecule has 0 saturated heterocycles. The van der Waals surface area contributed by atoms with Crippen LogP contribution in [-0.2, 0) is 29.4 Å². The first-order valence-corrected chi connectivity index (χ1v) is 15.1. The topological polar surface area (TPSA) is 109 Å². The lowest BCUT2D eigenvalue weighted by Crippen LogP contribution is -2.37. The fourth-order valence-electron chi connectivity index (χ4n) is 5.34. The second-order valence-electron chi connectivity index (χ2n) is 9.95. The van der Waals surface area contributed by atoms with Crippen molar-refractivity contribution in [3.8, 4) is 5.75 Å². The van der Waals surface area contributed by atoms with Crippen LogP contribution < -0.4 is 18.8 Å². The zero-order valence-electron chi connectivity index (χ0n) is 22.9. The maximum atomic E-state index is 13.4. The van der Waals surface area contributed by atoms with Gasteiger partial charge in [0.1, 0.15) is 11.6 Å². The third-order valence-corrected chi connectivity index (χ3v) is 9.18. The van der Waals surface area contributed by atoms with E-state index in [1.807, 2.05) is 60.4 Å². The number of fused-ring (bicyclic) bond motifs is 3. The number of pyridine rings is 3. The second kappa shape index (κ2) is 10.8. The summed E-state index contributed by atoms with van der Waals surface area (Å²) < 4.78 is 33.7. The number of nitrogens with zero attached hydrogens (tertiary/aromatic N) is 6. The molecule has 3 aromatic heterocycles. The lowest BCUT2D eigenvalue weighted by Gasteiger charge is -2.31. The number of hydrogen-bond donors (Lipinski definition) is 0. The highest BCUT2D eigenvalue weighted by atomic mass is 32.2. The van der Waals surface area contributed by atoms with Gasteiger partial charge in [-0.25, -0.2) is 18.4 Å². The van der Waals surface area contributed by atoms with Gasteiger partial charge in [0.15, 0.2) is 5.82 Å². The molecule has 5 heterocycles. The summed E-state index contributed by atoms with van der Waals surface area (Å²) in [5.74, 6) is 1.81. The molecule has 0 fully saturated rings. The molecular weight excluding hydrogens is 540 g/mol. The van der Waals surface area contributed by atoms with E-state index in [2.05, 4.69) is 15.0 Å². The van der Waals surface area contributed by atoms with Gasteiger partial charge >= 0.3 is 0 Å². The third kappa shape index (κ3) is 4.97. The van der Waals surface area contributed by atoms with Gasteiger partial charge < -0.3 is 14.5 Å². The van der Waals surface area contributed by atoms with Gasteiger partial charge in [0, 0.05) is 50.4 Å². The van der Waals surface area contributed by atoms with Crippen LogP contribution in [0.4, 0.5) is 23.0 Å². The Labute approximate surface area is 239 Å². The molecule has 0 N–H and O–H groups in total. The van der Waals surface area contributed by atoms with Crippen molar-refractivity contribution in [2.75, 3.05) is 40.1 Å². The van der Waals surface area contributed by atoms with Crippen LogP contribution >= 0.6 is 0 Å². The Morgan fingerprint density at radius 1 is 0.951 bits per heavy atom. The van der Waals surface area contributed by atoms with Gasteiger partial charge in [-0.1, -0.05) is 6.07 Å². The molecule has 0 spiro atoms. The van der Waals surface area contributed by atoms with E-state index in [1.54, 1.807) is 36.7 Å². The molecule has 1 amide bonds. The normalized spacial score (nSPS) is 15.6. The minimum atomic E-state index is -3.46. The van der Waals surface area contributed by atoms with E-state index < -0.39 is 10.0 Å². The average Bonchev–Trinajstić information content (AvgIpc) is 3.07. The zero-order valence-corrected chi connectivity index (χ0v) is 23.7. The molecule has 1 aromatic carbocycles. The number of hydrogen-bond acceptors (Lipinski definition) is 8. The summed E-state index contributed by atoms with van der Waals surface area (Å²) in [7, 11) is -1.71. The first kappa shape index (κ1) is 26.7. The van der Waals surface area contributed by atoms with E-state index in [0.29, 0.717) is 54.6 Å². The monoisotopic (exact) mass is 570 g/mol. The number of rotatable bonds is 7. The van der Waals surface area contributed by atoms with Gasteiger partial charge in [-0.3, -0.25) is 14.1 Å². The van der Waals surface area contributed by atoms with Gasteiger partial charge in [-0.2, -0.15) is 0 Å². The highest BCUT2D eigenvalue weighted by molar-refractivity contribution is 7.92. The van der Waals surface area contributed by atoms with Crippen molar-refractivity contribution in [3.05, 3.63) is 95.6 Å². The fourth-order valence-corrected chi connectivity index (χ4v) is 6.84. The molecule has 2 aliphatic heterocycles. The molecule has 0 radical (unpaired) electrons. The van der Waals surface area contributed by atoms with Crippen molar-refractivity contribution in [2.45, 2.75) is 26.3 Å². The maximum absolute atomic E-state index is 13.4. The lowest BCUT2D eigenvalue weighted by molar-refractivity contribution is 0.0994. The van der Waals surface area contributed by atoms with Crippen LogP contribution in [0.5, 0.6) is 5.75 Å². The Kier molecular flexibility index (Phi) is 7.04. The highest BCUT2D eigenvalue weighted by Gasteiger charge is 2.32.